The van der Waals surface area contributed by atoms with Crippen LogP contribution < -0.4 is 0 Å². The maximum Gasteiger partial charge on any atom is 0.330 e. The zero-order valence-corrected chi connectivity index (χ0v) is 10.0. The van der Waals surface area contributed by atoms with E-state index in [1.807, 2.05) is 0 Å². The van der Waals surface area contributed by atoms with Crippen LogP contribution in [-0.4, -0.2) is 18.1 Å². The minimum Gasteiger partial charge on any atom is -0.463 e. The van der Waals surface area contributed by atoms with Crippen molar-refractivity contribution >= 4 is 18.1 Å². The zero-order chi connectivity index (χ0) is 13.5. The Morgan fingerprint density at radius 2 is 2.28 bits per heavy atom. The third kappa shape index (κ3) is 3.86. The lowest BCUT2D eigenvalue weighted by molar-refractivity contribution is -0.139. The lowest BCUT2D eigenvalue weighted by Gasteiger charge is -1.99. The van der Waals surface area contributed by atoms with Crippen molar-refractivity contribution in [2.75, 3.05) is 0 Å². The van der Waals surface area contributed by atoms with Gasteiger partial charge in [0.2, 0.25) is 0 Å². The van der Waals surface area contributed by atoms with E-state index in [0.717, 1.165) is 6.08 Å². The lowest BCUT2D eigenvalue weighted by Crippen LogP contribution is -2.01. The highest BCUT2D eigenvalue weighted by Gasteiger charge is 2.07. The number of furan rings is 1. The highest BCUT2D eigenvalue weighted by molar-refractivity contribution is 6.00. The summed E-state index contributed by atoms with van der Waals surface area (Å²) in [4.78, 5) is 25.8. The molecule has 0 atom stereocenters. The van der Waals surface area contributed by atoms with E-state index in [9.17, 15) is 9.59 Å². The van der Waals surface area contributed by atoms with Crippen LogP contribution in [0.5, 0.6) is 0 Å². The van der Waals surface area contributed by atoms with Crippen molar-refractivity contribution < 1.29 is 18.7 Å². The van der Waals surface area contributed by atoms with Gasteiger partial charge in [0.1, 0.15) is 6.61 Å². The maximum atomic E-state index is 11.2. The quantitative estimate of drug-likeness (QED) is 0.453. The van der Waals surface area contributed by atoms with E-state index in [0.29, 0.717) is 16.9 Å². The van der Waals surface area contributed by atoms with Crippen LogP contribution in [0.2, 0.25) is 0 Å². The van der Waals surface area contributed by atoms with E-state index in [1.165, 1.54) is 12.5 Å². The smallest absolute Gasteiger partial charge is 0.330 e. The highest BCUT2D eigenvalue weighted by atomic mass is 16.5. The van der Waals surface area contributed by atoms with Gasteiger partial charge in [0, 0.05) is 17.2 Å². The van der Waals surface area contributed by atoms with Gasteiger partial charge in [-0.1, -0.05) is 13.2 Å². The number of nitrogens with zero attached hydrogens (tertiary/aromatic N) is 1. The second-order valence-electron chi connectivity index (χ2n) is 3.47. The number of amides is 1. The van der Waals surface area contributed by atoms with E-state index < -0.39 is 11.9 Å². The molecule has 0 fully saturated rings. The van der Waals surface area contributed by atoms with Crippen molar-refractivity contribution in [1.82, 2.24) is 0 Å². The second kappa shape index (κ2) is 6.34. The molecule has 0 aliphatic carbocycles. The van der Waals surface area contributed by atoms with Crippen LogP contribution >= 0.6 is 0 Å². The summed E-state index contributed by atoms with van der Waals surface area (Å²) in [5.74, 6) is -0.598. The SMILES string of the molecule is C=CC(=O)OCc1ccoc1C=NC(=O)C(=C)C. The van der Waals surface area contributed by atoms with Gasteiger partial charge in [-0.15, -0.1) is 0 Å². The van der Waals surface area contributed by atoms with Crippen molar-refractivity contribution in [2.24, 2.45) is 4.99 Å². The first-order valence-electron chi connectivity index (χ1n) is 5.14. The second-order valence-corrected chi connectivity index (χ2v) is 3.47. The fourth-order valence-electron chi connectivity index (χ4n) is 1.02. The van der Waals surface area contributed by atoms with Crippen molar-refractivity contribution in [3.8, 4) is 0 Å². The summed E-state index contributed by atoms with van der Waals surface area (Å²) in [6.07, 6.45) is 3.76. The van der Waals surface area contributed by atoms with Crippen LogP contribution in [0.25, 0.3) is 0 Å². The van der Waals surface area contributed by atoms with Gasteiger partial charge in [-0.3, -0.25) is 4.79 Å². The predicted octanol–water partition coefficient (Wildman–Crippen LogP) is 2.03. The third-order valence-corrected chi connectivity index (χ3v) is 1.98. The summed E-state index contributed by atoms with van der Waals surface area (Å²) in [6.45, 7) is 8.35. The van der Waals surface area contributed by atoms with E-state index in [1.54, 1.807) is 13.0 Å². The van der Waals surface area contributed by atoms with Crippen LogP contribution in [0.15, 0.2) is 46.5 Å². The average Bonchev–Trinajstić information content (AvgIpc) is 2.80. The van der Waals surface area contributed by atoms with E-state index in [2.05, 4.69) is 18.2 Å². The molecular weight excluding hydrogens is 234 g/mol. The minimum absolute atomic E-state index is 0.0317. The van der Waals surface area contributed by atoms with Gasteiger partial charge in [-0.05, 0) is 13.0 Å². The Morgan fingerprint density at radius 3 is 2.89 bits per heavy atom. The Bertz CT molecular complexity index is 511. The summed E-state index contributed by atoms with van der Waals surface area (Å²) >= 11 is 0. The predicted molar refractivity (Wildman–Crippen MR) is 66.1 cm³/mol. The molecule has 0 aliphatic rings. The summed E-state index contributed by atoms with van der Waals surface area (Å²) in [7, 11) is 0. The van der Waals surface area contributed by atoms with Crippen LogP contribution in [0.4, 0.5) is 0 Å². The van der Waals surface area contributed by atoms with Gasteiger partial charge in [0.25, 0.3) is 5.91 Å². The Labute approximate surface area is 104 Å². The third-order valence-electron chi connectivity index (χ3n) is 1.98. The van der Waals surface area contributed by atoms with Crippen LogP contribution in [0, 0.1) is 0 Å². The summed E-state index contributed by atoms with van der Waals surface area (Å²) in [5, 5.41) is 0. The first-order chi connectivity index (χ1) is 8.54. The number of hydrogen-bond donors (Lipinski definition) is 0. The summed E-state index contributed by atoms with van der Waals surface area (Å²) in [6, 6.07) is 1.63. The molecule has 5 heteroatoms. The summed E-state index contributed by atoms with van der Waals surface area (Å²) in [5.41, 5.74) is 0.945. The number of carbonyl (C=O) groups is 2. The number of rotatable bonds is 5. The van der Waals surface area contributed by atoms with Gasteiger partial charge in [0.15, 0.2) is 5.76 Å². The molecule has 0 unspecified atom stereocenters. The molecule has 0 saturated heterocycles. The van der Waals surface area contributed by atoms with Gasteiger partial charge in [0.05, 0.1) is 12.5 Å². The Balaban J connectivity index is 2.71. The molecule has 1 amide bonds. The molecule has 0 radical (unpaired) electrons. The molecule has 5 nitrogen and oxygen atoms in total. The minimum atomic E-state index is -0.530. The molecule has 0 saturated carbocycles. The fraction of sp³-hybridized carbons (Fsp3) is 0.154. The molecular formula is C13H13NO4. The molecule has 0 aliphatic heterocycles. The first kappa shape index (κ1) is 13.6. The van der Waals surface area contributed by atoms with Crippen LogP contribution in [-0.2, 0) is 20.9 Å². The van der Waals surface area contributed by atoms with Crippen molar-refractivity contribution in [3.63, 3.8) is 0 Å². The molecule has 18 heavy (non-hydrogen) atoms. The van der Waals surface area contributed by atoms with Crippen molar-refractivity contribution in [2.45, 2.75) is 13.5 Å². The van der Waals surface area contributed by atoms with E-state index >= 15 is 0 Å². The number of hydrogen-bond acceptors (Lipinski definition) is 4. The monoisotopic (exact) mass is 247 g/mol. The molecule has 0 aromatic carbocycles. The lowest BCUT2D eigenvalue weighted by atomic mass is 10.2. The summed E-state index contributed by atoms with van der Waals surface area (Å²) < 4.78 is 9.96. The van der Waals surface area contributed by atoms with Crippen LogP contribution in [0.3, 0.4) is 0 Å². The highest BCUT2D eigenvalue weighted by Crippen LogP contribution is 2.10. The van der Waals surface area contributed by atoms with Gasteiger partial charge in [-0.2, -0.15) is 0 Å². The molecule has 94 valence electrons. The first-order valence-corrected chi connectivity index (χ1v) is 5.14. The molecule has 1 heterocycles. The number of carbonyl (C=O) groups excluding carboxylic acids is 2. The zero-order valence-electron chi connectivity index (χ0n) is 10.0. The van der Waals surface area contributed by atoms with Gasteiger partial charge < -0.3 is 9.15 Å². The molecule has 1 rings (SSSR count). The molecule has 0 N–H and O–H groups in total. The Hall–Kier alpha value is -2.43. The largest absolute Gasteiger partial charge is 0.463 e. The Kier molecular flexibility index (Phi) is 4.80. The van der Waals surface area contributed by atoms with Crippen LogP contribution in [0.1, 0.15) is 18.2 Å². The van der Waals surface area contributed by atoms with Crippen molar-refractivity contribution in [3.05, 3.63) is 48.5 Å². The van der Waals surface area contributed by atoms with E-state index in [4.69, 9.17) is 9.15 Å². The van der Waals surface area contributed by atoms with Gasteiger partial charge >= 0.3 is 5.97 Å². The average molecular weight is 247 g/mol. The molecule has 0 spiro atoms. The number of esters is 1. The molecule has 1 aromatic heterocycles. The van der Waals surface area contributed by atoms with Gasteiger partial charge in [-0.25, -0.2) is 9.79 Å². The van der Waals surface area contributed by atoms with E-state index in [-0.39, 0.29) is 6.61 Å². The number of aliphatic imine (C=N–C) groups is 1. The van der Waals surface area contributed by atoms with Crippen molar-refractivity contribution in [1.29, 1.82) is 0 Å². The topological polar surface area (TPSA) is 68.9 Å². The Morgan fingerprint density at radius 1 is 1.56 bits per heavy atom. The fourth-order valence-corrected chi connectivity index (χ4v) is 1.02. The number of ether oxygens (including phenoxy) is 1. The standard InChI is InChI=1S/C13H13NO4/c1-4-12(15)18-8-10-5-6-17-11(10)7-14-13(16)9(2)3/h4-7H,1-2,8H2,3H3. The molecule has 0 bridgehead atoms. The molecule has 1 aromatic rings. The maximum absolute atomic E-state index is 11.2. The normalized spacial score (nSPS) is 10.3.